The summed E-state index contributed by atoms with van der Waals surface area (Å²) in [5.74, 6) is -1.16. The molecule has 0 bridgehead atoms. The fraction of sp³-hybridized carbons (Fsp3) is 0.0909. The summed E-state index contributed by atoms with van der Waals surface area (Å²) < 4.78 is 40.5. The second kappa shape index (κ2) is 8.13. The average molecular weight is 458 g/mol. The summed E-state index contributed by atoms with van der Waals surface area (Å²) in [6.07, 6.45) is 0. The van der Waals surface area contributed by atoms with Crippen LogP contribution >= 0.6 is 11.6 Å². The van der Waals surface area contributed by atoms with Gasteiger partial charge in [0, 0.05) is 21.8 Å². The lowest BCUT2D eigenvalue weighted by Gasteiger charge is -2.27. The summed E-state index contributed by atoms with van der Waals surface area (Å²) in [4.78, 5) is 12.6. The van der Waals surface area contributed by atoms with Gasteiger partial charge in [-0.1, -0.05) is 48.0 Å². The smallest absolute Gasteiger partial charge is 0.280 e. The Morgan fingerprint density at radius 1 is 1.10 bits per heavy atom. The third-order valence-corrected chi connectivity index (χ3v) is 6.68. The molecule has 0 saturated carbocycles. The van der Waals surface area contributed by atoms with Crippen LogP contribution < -0.4 is 5.32 Å². The molecule has 0 aromatic heterocycles. The molecule has 0 atom stereocenters. The normalized spacial score (nSPS) is 14.5. The number of hydrazone groups is 1. The standard InChI is InChI=1S/C22H17ClFN3O3S/c1-14-7-9-17(24)12-19(14)25-21(28)13-27-26-22(15-5-3-2-4-6-15)18-11-16(23)8-10-20(18)31(27,29)30/h2-12H,13H2,1H3,(H,25,28). The highest BCUT2D eigenvalue weighted by Gasteiger charge is 2.34. The topological polar surface area (TPSA) is 78.8 Å². The van der Waals surface area contributed by atoms with Gasteiger partial charge in [0.05, 0.1) is 4.90 Å². The fourth-order valence-electron chi connectivity index (χ4n) is 3.22. The van der Waals surface area contributed by atoms with Crippen molar-refractivity contribution in [2.45, 2.75) is 11.8 Å². The Hall–Kier alpha value is -3.23. The molecule has 0 radical (unpaired) electrons. The lowest BCUT2D eigenvalue weighted by Crippen LogP contribution is -2.38. The van der Waals surface area contributed by atoms with Crippen molar-refractivity contribution in [3.63, 3.8) is 0 Å². The summed E-state index contributed by atoms with van der Waals surface area (Å²) in [6, 6.07) is 17.4. The first-order chi connectivity index (χ1) is 14.8. The maximum absolute atomic E-state index is 13.5. The van der Waals surface area contributed by atoms with Gasteiger partial charge in [-0.15, -0.1) is 0 Å². The maximum Gasteiger partial charge on any atom is 0.280 e. The molecule has 31 heavy (non-hydrogen) atoms. The molecule has 1 aliphatic rings. The second-order valence-corrected chi connectivity index (χ2v) is 9.20. The van der Waals surface area contributed by atoms with Crippen LogP contribution in [0.25, 0.3) is 0 Å². The van der Waals surface area contributed by atoms with Crippen LogP contribution in [0.4, 0.5) is 10.1 Å². The Balaban J connectivity index is 1.72. The van der Waals surface area contributed by atoms with Crippen molar-refractivity contribution in [2.75, 3.05) is 11.9 Å². The van der Waals surface area contributed by atoms with Gasteiger partial charge in [0.1, 0.15) is 18.1 Å². The van der Waals surface area contributed by atoms with Gasteiger partial charge < -0.3 is 5.32 Å². The summed E-state index contributed by atoms with van der Waals surface area (Å²) >= 11 is 6.10. The van der Waals surface area contributed by atoms with Gasteiger partial charge in [0.15, 0.2) is 0 Å². The van der Waals surface area contributed by atoms with Gasteiger partial charge in [0.2, 0.25) is 5.91 Å². The number of nitrogens with one attached hydrogen (secondary N) is 1. The van der Waals surface area contributed by atoms with Crippen molar-refractivity contribution in [3.05, 3.63) is 94.3 Å². The molecule has 0 spiro atoms. The van der Waals surface area contributed by atoms with Crippen molar-refractivity contribution in [1.82, 2.24) is 4.41 Å². The Kier molecular flexibility index (Phi) is 5.51. The van der Waals surface area contributed by atoms with E-state index in [-0.39, 0.29) is 10.6 Å². The van der Waals surface area contributed by atoms with Crippen molar-refractivity contribution >= 4 is 38.9 Å². The van der Waals surface area contributed by atoms with E-state index in [4.69, 9.17) is 11.6 Å². The number of carbonyl (C=O) groups is 1. The molecular weight excluding hydrogens is 441 g/mol. The molecule has 0 fully saturated rings. The van der Waals surface area contributed by atoms with Crippen LogP contribution in [-0.2, 0) is 14.8 Å². The monoisotopic (exact) mass is 457 g/mol. The number of hydrogen-bond acceptors (Lipinski definition) is 4. The zero-order valence-corrected chi connectivity index (χ0v) is 17.9. The number of sulfonamides is 1. The molecule has 1 heterocycles. The first-order valence-corrected chi connectivity index (χ1v) is 11.1. The SMILES string of the molecule is Cc1ccc(F)cc1NC(=O)CN1N=C(c2ccccc2)c2cc(Cl)ccc2S1(=O)=O. The number of nitrogens with zero attached hydrogens (tertiary/aromatic N) is 2. The number of hydrogen-bond donors (Lipinski definition) is 1. The third kappa shape index (κ3) is 4.17. The third-order valence-electron chi connectivity index (χ3n) is 4.76. The molecule has 1 N–H and O–H groups in total. The number of halogens is 2. The highest BCUT2D eigenvalue weighted by atomic mass is 35.5. The molecule has 4 rings (SSSR count). The van der Waals surface area contributed by atoms with Gasteiger partial charge in [-0.3, -0.25) is 4.79 Å². The molecule has 0 unspecified atom stereocenters. The van der Waals surface area contributed by atoms with Crippen molar-refractivity contribution in [2.24, 2.45) is 5.10 Å². The number of anilines is 1. The van der Waals surface area contributed by atoms with Crippen LogP contribution in [0.3, 0.4) is 0 Å². The molecule has 0 aliphatic carbocycles. The lowest BCUT2D eigenvalue weighted by atomic mass is 10.0. The van der Waals surface area contributed by atoms with E-state index in [1.165, 1.54) is 36.4 Å². The Bertz CT molecular complexity index is 1310. The van der Waals surface area contributed by atoms with E-state index in [1.54, 1.807) is 31.2 Å². The number of fused-ring (bicyclic) bond motifs is 1. The van der Waals surface area contributed by atoms with Crippen molar-refractivity contribution < 1.29 is 17.6 Å². The summed E-state index contributed by atoms with van der Waals surface area (Å²) in [5.41, 5.74) is 2.31. The molecule has 158 valence electrons. The number of benzene rings is 3. The van der Waals surface area contributed by atoms with Crippen LogP contribution in [0.15, 0.2) is 76.7 Å². The first kappa shape index (κ1) is 21.0. The van der Waals surface area contributed by atoms with Gasteiger partial charge in [0.25, 0.3) is 10.0 Å². The molecule has 0 saturated heterocycles. The van der Waals surface area contributed by atoms with E-state index in [1.807, 2.05) is 6.07 Å². The van der Waals surface area contributed by atoms with E-state index < -0.39 is 28.3 Å². The lowest BCUT2D eigenvalue weighted by molar-refractivity contribution is -0.116. The Labute approximate surface area is 184 Å². The predicted octanol–water partition coefficient (Wildman–Crippen LogP) is 4.18. The maximum atomic E-state index is 13.5. The van der Waals surface area contributed by atoms with E-state index in [2.05, 4.69) is 10.4 Å². The molecule has 1 aliphatic heterocycles. The highest BCUT2D eigenvalue weighted by Crippen LogP contribution is 2.31. The van der Waals surface area contributed by atoms with Gasteiger partial charge in [-0.2, -0.15) is 17.9 Å². The zero-order valence-electron chi connectivity index (χ0n) is 16.3. The van der Waals surface area contributed by atoms with E-state index in [9.17, 15) is 17.6 Å². The minimum atomic E-state index is -4.09. The Morgan fingerprint density at radius 2 is 1.84 bits per heavy atom. The highest BCUT2D eigenvalue weighted by molar-refractivity contribution is 7.89. The van der Waals surface area contributed by atoms with E-state index >= 15 is 0 Å². The minimum absolute atomic E-state index is 0.000453. The molecule has 6 nitrogen and oxygen atoms in total. The van der Waals surface area contributed by atoms with E-state index in [0.717, 1.165) is 4.41 Å². The molecule has 1 amide bonds. The second-order valence-electron chi connectivity index (χ2n) is 6.95. The van der Waals surface area contributed by atoms with Crippen LogP contribution in [0.5, 0.6) is 0 Å². The largest absolute Gasteiger partial charge is 0.324 e. The summed E-state index contributed by atoms with van der Waals surface area (Å²) in [6.45, 7) is 1.13. The first-order valence-electron chi connectivity index (χ1n) is 9.28. The molecule has 3 aromatic carbocycles. The molecule has 9 heteroatoms. The number of rotatable bonds is 4. The van der Waals surface area contributed by atoms with Crippen molar-refractivity contribution in [1.29, 1.82) is 0 Å². The predicted molar refractivity (Wildman–Crippen MR) is 117 cm³/mol. The van der Waals surface area contributed by atoms with Crippen LogP contribution in [0.1, 0.15) is 16.7 Å². The van der Waals surface area contributed by atoms with Gasteiger partial charge >= 0.3 is 0 Å². The van der Waals surface area contributed by atoms with Crippen LogP contribution in [-0.4, -0.2) is 31.0 Å². The summed E-state index contributed by atoms with van der Waals surface area (Å²) in [5, 5.41) is 7.19. The summed E-state index contributed by atoms with van der Waals surface area (Å²) in [7, 11) is -4.09. The molecular formula is C22H17ClFN3O3S. The van der Waals surface area contributed by atoms with Crippen molar-refractivity contribution in [3.8, 4) is 0 Å². The minimum Gasteiger partial charge on any atom is -0.324 e. The zero-order chi connectivity index (χ0) is 22.2. The van der Waals surface area contributed by atoms with E-state index in [0.29, 0.717) is 27.4 Å². The number of carbonyl (C=O) groups excluding carboxylic acids is 1. The quantitative estimate of drug-likeness (QED) is 0.638. The number of amides is 1. The van der Waals surface area contributed by atoms with Crippen LogP contribution in [0.2, 0.25) is 5.02 Å². The number of aryl methyl sites for hydroxylation is 1. The van der Waals surface area contributed by atoms with Gasteiger partial charge in [-0.25, -0.2) is 4.39 Å². The fourth-order valence-corrected chi connectivity index (χ4v) is 4.76. The Morgan fingerprint density at radius 3 is 2.58 bits per heavy atom. The van der Waals surface area contributed by atoms with Gasteiger partial charge in [-0.05, 0) is 42.8 Å². The molecule has 3 aromatic rings. The van der Waals surface area contributed by atoms with Crippen LogP contribution in [0, 0.1) is 12.7 Å². The average Bonchev–Trinajstić information content (AvgIpc) is 2.73.